The van der Waals surface area contributed by atoms with Gasteiger partial charge in [0.1, 0.15) is 11.9 Å². The number of rotatable bonds is 2. The van der Waals surface area contributed by atoms with Crippen LogP contribution in [0.15, 0.2) is 28.7 Å². The number of halogens is 1. The number of hydrogen-bond acceptors (Lipinski definition) is 3. The van der Waals surface area contributed by atoms with Crippen LogP contribution in [0.4, 0.5) is 4.39 Å². The second-order valence-electron chi connectivity index (χ2n) is 5.02. The first kappa shape index (κ1) is 11.7. The zero-order valence-corrected chi connectivity index (χ0v) is 9.90. The molecule has 1 aliphatic carbocycles. The maximum atomic E-state index is 13.5. The maximum absolute atomic E-state index is 13.5. The number of furan rings is 1. The fourth-order valence-electron chi connectivity index (χ4n) is 2.71. The van der Waals surface area contributed by atoms with Gasteiger partial charge < -0.3 is 14.6 Å². The van der Waals surface area contributed by atoms with E-state index in [1.54, 1.807) is 18.2 Å². The van der Waals surface area contributed by atoms with Crippen LogP contribution in [0.5, 0.6) is 0 Å². The molecule has 1 saturated carbocycles. The first-order chi connectivity index (χ1) is 8.60. The highest BCUT2D eigenvalue weighted by Gasteiger charge is 2.41. The normalized spacial score (nSPS) is 20.4. The van der Waals surface area contributed by atoms with Crippen LogP contribution in [-0.4, -0.2) is 15.8 Å². The smallest absolute Gasteiger partial charge is 0.170 e. The van der Waals surface area contributed by atoms with Crippen LogP contribution in [0.3, 0.4) is 0 Å². The van der Waals surface area contributed by atoms with E-state index < -0.39 is 17.5 Å². The van der Waals surface area contributed by atoms with E-state index in [1.807, 2.05) is 0 Å². The van der Waals surface area contributed by atoms with Crippen LogP contribution in [0, 0.1) is 5.82 Å². The van der Waals surface area contributed by atoms with Crippen molar-refractivity contribution in [3.63, 3.8) is 0 Å². The van der Waals surface area contributed by atoms with E-state index in [2.05, 4.69) is 0 Å². The summed E-state index contributed by atoms with van der Waals surface area (Å²) >= 11 is 0. The Hall–Kier alpha value is -1.39. The Balaban J connectivity index is 2.01. The first-order valence-electron chi connectivity index (χ1n) is 6.18. The van der Waals surface area contributed by atoms with Gasteiger partial charge in [0.05, 0.1) is 5.60 Å². The van der Waals surface area contributed by atoms with Crippen LogP contribution in [0.2, 0.25) is 0 Å². The Kier molecular flexibility index (Phi) is 2.64. The van der Waals surface area contributed by atoms with Gasteiger partial charge >= 0.3 is 0 Å². The topological polar surface area (TPSA) is 53.6 Å². The van der Waals surface area contributed by atoms with Crippen LogP contribution in [0.25, 0.3) is 11.0 Å². The molecule has 96 valence electrons. The minimum Gasteiger partial charge on any atom is -0.455 e. The van der Waals surface area contributed by atoms with Crippen molar-refractivity contribution in [2.24, 2.45) is 0 Å². The van der Waals surface area contributed by atoms with Crippen LogP contribution >= 0.6 is 0 Å². The van der Waals surface area contributed by atoms with E-state index in [0.29, 0.717) is 18.2 Å². The van der Waals surface area contributed by atoms with E-state index in [-0.39, 0.29) is 11.3 Å². The summed E-state index contributed by atoms with van der Waals surface area (Å²) < 4.78 is 18.9. The van der Waals surface area contributed by atoms with Gasteiger partial charge in [-0.15, -0.1) is 0 Å². The van der Waals surface area contributed by atoms with E-state index in [9.17, 15) is 14.6 Å². The number of fused-ring (bicyclic) bond motifs is 1. The molecule has 0 spiro atoms. The lowest BCUT2D eigenvalue weighted by Crippen LogP contribution is -2.32. The van der Waals surface area contributed by atoms with Crippen molar-refractivity contribution in [2.75, 3.05) is 0 Å². The Morgan fingerprint density at radius 2 is 2.00 bits per heavy atom. The molecule has 1 heterocycles. The highest BCUT2D eigenvalue weighted by molar-refractivity contribution is 5.78. The summed E-state index contributed by atoms with van der Waals surface area (Å²) in [4.78, 5) is 0. The zero-order chi connectivity index (χ0) is 12.8. The molecule has 1 aromatic heterocycles. The van der Waals surface area contributed by atoms with Gasteiger partial charge in [-0.05, 0) is 25.0 Å². The predicted molar refractivity (Wildman–Crippen MR) is 64.5 cm³/mol. The van der Waals surface area contributed by atoms with Crippen LogP contribution in [-0.2, 0) is 0 Å². The maximum Gasteiger partial charge on any atom is 0.170 e. The van der Waals surface area contributed by atoms with Crippen molar-refractivity contribution < 1.29 is 19.0 Å². The summed E-state index contributed by atoms with van der Waals surface area (Å²) in [6.07, 6.45) is 1.79. The molecule has 3 rings (SSSR count). The average molecular weight is 250 g/mol. The number of benzene rings is 1. The van der Waals surface area contributed by atoms with Crippen LogP contribution in [0.1, 0.15) is 37.5 Å². The van der Waals surface area contributed by atoms with Crippen molar-refractivity contribution >= 4 is 11.0 Å². The fourth-order valence-corrected chi connectivity index (χ4v) is 2.71. The van der Waals surface area contributed by atoms with Crippen LogP contribution < -0.4 is 0 Å². The summed E-state index contributed by atoms with van der Waals surface area (Å²) in [6, 6.07) is 6.22. The lowest BCUT2D eigenvalue weighted by atomic mass is 9.93. The molecule has 2 N–H and O–H groups in total. The molecule has 0 aliphatic heterocycles. The second-order valence-corrected chi connectivity index (χ2v) is 5.02. The zero-order valence-electron chi connectivity index (χ0n) is 9.90. The molecule has 1 fully saturated rings. The summed E-state index contributed by atoms with van der Waals surface area (Å²) in [5, 5.41) is 21.1. The summed E-state index contributed by atoms with van der Waals surface area (Å²) in [5.41, 5.74) is -1.00. The standard InChI is InChI=1S/C14H15FO3/c15-10-5-3-4-9-8-11(18-12(9)10)13(16)14(17)6-1-2-7-14/h3-5,8,13,16-17H,1-2,6-7H2. The van der Waals surface area contributed by atoms with Crippen molar-refractivity contribution in [2.45, 2.75) is 37.4 Å². The Morgan fingerprint density at radius 1 is 1.28 bits per heavy atom. The van der Waals surface area contributed by atoms with Gasteiger partial charge in [-0.3, -0.25) is 0 Å². The van der Waals surface area contributed by atoms with Gasteiger partial charge in [0.2, 0.25) is 0 Å². The molecule has 1 atom stereocenters. The Bertz CT molecular complexity index is 569. The molecule has 4 heteroatoms. The average Bonchev–Trinajstić information content (AvgIpc) is 2.96. The molecule has 1 aromatic carbocycles. The van der Waals surface area contributed by atoms with Crippen molar-refractivity contribution in [1.82, 2.24) is 0 Å². The van der Waals surface area contributed by atoms with Crippen molar-refractivity contribution in [3.05, 3.63) is 35.8 Å². The Labute approximate surface area is 104 Å². The number of hydrogen-bond donors (Lipinski definition) is 2. The summed E-state index contributed by atoms with van der Waals surface area (Å²) in [6.45, 7) is 0. The van der Waals surface area contributed by atoms with E-state index in [0.717, 1.165) is 12.8 Å². The molecule has 1 aliphatic rings. The molecule has 0 bridgehead atoms. The molecule has 3 nitrogen and oxygen atoms in total. The van der Waals surface area contributed by atoms with Gasteiger partial charge in [0, 0.05) is 5.39 Å². The minimum absolute atomic E-state index is 0.133. The third kappa shape index (κ3) is 1.72. The lowest BCUT2D eigenvalue weighted by Gasteiger charge is -2.26. The quantitative estimate of drug-likeness (QED) is 0.861. The molecule has 0 saturated heterocycles. The lowest BCUT2D eigenvalue weighted by molar-refractivity contribution is -0.0801. The summed E-state index contributed by atoms with van der Waals surface area (Å²) in [5.74, 6) is -0.219. The van der Waals surface area contributed by atoms with Gasteiger partial charge in [-0.1, -0.05) is 25.0 Å². The first-order valence-corrected chi connectivity index (χ1v) is 6.18. The fraction of sp³-hybridized carbons (Fsp3) is 0.429. The highest BCUT2D eigenvalue weighted by Crippen LogP contribution is 2.41. The van der Waals surface area contributed by atoms with Crippen molar-refractivity contribution in [3.8, 4) is 0 Å². The van der Waals surface area contributed by atoms with Gasteiger partial charge in [-0.2, -0.15) is 0 Å². The summed E-state index contributed by atoms with van der Waals surface area (Å²) in [7, 11) is 0. The molecule has 18 heavy (non-hydrogen) atoms. The second kappa shape index (κ2) is 4.07. The molecule has 0 radical (unpaired) electrons. The number of para-hydroxylation sites is 1. The molecule has 0 amide bonds. The van der Waals surface area contributed by atoms with Gasteiger partial charge in [-0.25, -0.2) is 4.39 Å². The third-order valence-corrected chi connectivity index (χ3v) is 3.76. The van der Waals surface area contributed by atoms with Gasteiger partial charge in [0.25, 0.3) is 0 Å². The minimum atomic E-state index is -1.13. The van der Waals surface area contributed by atoms with Crippen molar-refractivity contribution in [1.29, 1.82) is 0 Å². The largest absolute Gasteiger partial charge is 0.455 e. The number of aliphatic hydroxyl groups is 2. The molecular weight excluding hydrogens is 235 g/mol. The number of aliphatic hydroxyl groups excluding tert-OH is 1. The predicted octanol–water partition coefficient (Wildman–Crippen LogP) is 2.91. The van der Waals surface area contributed by atoms with E-state index in [1.165, 1.54) is 6.07 Å². The molecular formula is C14H15FO3. The van der Waals surface area contributed by atoms with E-state index in [4.69, 9.17) is 4.42 Å². The van der Waals surface area contributed by atoms with E-state index >= 15 is 0 Å². The monoisotopic (exact) mass is 250 g/mol. The highest BCUT2D eigenvalue weighted by atomic mass is 19.1. The SMILES string of the molecule is OC(c1cc2cccc(F)c2o1)C1(O)CCCC1. The molecule has 1 unspecified atom stereocenters. The Morgan fingerprint density at radius 3 is 2.67 bits per heavy atom. The van der Waals surface area contributed by atoms with Gasteiger partial charge in [0.15, 0.2) is 11.4 Å². The third-order valence-electron chi connectivity index (χ3n) is 3.76. The molecule has 2 aromatic rings.